The number of amides is 1. The summed E-state index contributed by atoms with van der Waals surface area (Å²) in [6.07, 6.45) is -3.29. The van der Waals surface area contributed by atoms with Crippen LogP contribution in [0.4, 0.5) is 17.6 Å². The zero-order chi connectivity index (χ0) is 20.0. The molecule has 1 amide bonds. The summed E-state index contributed by atoms with van der Waals surface area (Å²) >= 11 is 0. The Kier molecular flexibility index (Phi) is 7.30. The number of nitrogens with one attached hydrogen (secondary N) is 1. The Bertz CT molecular complexity index is 627. The predicted molar refractivity (Wildman–Crippen MR) is 80.7 cm³/mol. The molecule has 0 aliphatic carbocycles. The Morgan fingerprint density at radius 2 is 1.96 bits per heavy atom. The molecule has 0 fully saturated rings. The van der Waals surface area contributed by atoms with E-state index in [4.69, 9.17) is 9.84 Å². The quantitative estimate of drug-likeness (QED) is 0.601. The summed E-state index contributed by atoms with van der Waals surface area (Å²) in [6, 6.07) is 2.23. The van der Waals surface area contributed by atoms with Gasteiger partial charge in [0, 0.05) is 19.4 Å². The number of carboxylic acids is 1. The minimum atomic E-state index is -4.32. The van der Waals surface area contributed by atoms with Gasteiger partial charge in [0.05, 0.1) is 24.1 Å². The largest absolute Gasteiger partial charge is 0.481 e. The third-order valence-electron chi connectivity index (χ3n) is 3.15. The highest BCUT2D eigenvalue weighted by Gasteiger charge is 2.41. The van der Waals surface area contributed by atoms with Gasteiger partial charge in [-0.2, -0.15) is 8.78 Å². The Labute approximate surface area is 146 Å². The lowest BCUT2D eigenvalue weighted by Gasteiger charge is -2.28. The van der Waals surface area contributed by atoms with Gasteiger partial charge in [0.1, 0.15) is 0 Å². The zero-order valence-corrected chi connectivity index (χ0v) is 14.0. The Morgan fingerprint density at radius 3 is 2.42 bits per heavy atom. The first-order valence-electron chi connectivity index (χ1n) is 7.27. The van der Waals surface area contributed by atoms with Gasteiger partial charge in [-0.15, -0.1) is 0 Å². The number of rotatable bonds is 10. The third-order valence-corrected chi connectivity index (χ3v) is 3.15. The standard InChI is InChI=1S/C15H18F4N2O5/c1-14(7-25-2,5-11(22)23)21-12(24)9-3-4-10(20-6-9)26-8-15(18,19)13(16)17/h3-4,6,13H,5,7-8H2,1-2H3,(H,21,24)(H,22,23). The van der Waals surface area contributed by atoms with Gasteiger partial charge in [-0.3, -0.25) is 9.59 Å². The van der Waals surface area contributed by atoms with Crippen molar-refractivity contribution in [1.29, 1.82) is 0 Å². The summed E-state index contributed by atoms with van der Waals surface area (Å²) in [5.41, 5.74) is -1.20. The van der Waals surface area contributed by atoms with E-state index < -0.39 is 42.8 Å². The number of nitrogens with zero attached hydrogens (tertiary/aromatic N) is 1. The molecular weight excluding hydrogens is 364 g/mol. The van der Waals surface area contributed by atoms with Crippen LogP contribution < -0.4 is 10.1 Å². The fourth-order valence-corrected chi connectivity index (χ4v) is 1.96. The van der Waals surface area contributed by atoms with E-state index in [1.165, 1.54) is 20.1 Å². The molecular formula is C15H18F4N2O5. The normalized spacial score (nSPS) is 14.0. The van der Waals surface area contributed by atoms with Crippen molar-refractivity contribution in [3.8, 4) is 5.88 Å². The Morgan fingerprint density at radius 1 is 1.31 bits per heavy atom. The average molecular weight is 382 g/mol. The monoisotopic (exact) mass is 382 g/mol. The van der Waals surface area contributed by atoms with Crippen molar-refractivity contribution >= 4 is 11.9 Å². The lowest BCUT2D eigenvalue weighted by molar-refractivity contribution is -0.148. The molecule has 2 N–H and O–H groups in total. The molecule has 0 bridgehead atoms. The summed E-state index contributed by atoms with van der Waals surface area (Å²) in [5, 5.41) is 11.4. The second-order valence-corrected chi connectivity index (χ2v) is 5.75. The first-order valence-corrected chi connectivity index (χ1v) is 7.27. The van der Waals surface area contributed by atoms with E-state index in [-0.39, 0.29) is 18.1 Å². The summed E-state index contributed by atoms with van der Waals surface area (Å²) in [5.74, 6) is -6.52. The molecule has 1 aromatic rings. The maximum atomic E-state index is 12.8. The second kappa shape index (κ2) is 8.79. The number of carboxylic acid groups (broad SMARTS) is 1. The summed E-state index contributed by atoms with van der Waals surface area (Å²) in [6.45, 7) is -0.157. The smallest absolute Gasteiger partial charge is 0.340 e. The van der Waals surface area contributed by atoms with E-state index in [2.05, 4.69) is 15.0 Å². The summed E-state index contributed by atoms with van der Waals surface area (Å²) in [4.78, 5) is 26.7. The van der Waals surface area contributed by atoms with Gasteiger partial charge in [-0.25, -0.2) is 13.8 Å². The fraction of sp³-hybridized carbons (Fsp3) is 0.533. The Hall–Kier alpha value is -2.43. The van der Waals surface area contributed by atoms with Crippen LogP contribution in [-0.2, 0) is 9.53 Å². The van der Waals surface area contributed by atoms with Crippen molar-refractivity contribution in [2.24, 2.45) is 0 Å². The van der Waals surface area contributed by atoms with Crippen molar-refractivity contribution in [2.75, 3.05) is 20.3 Å². The average Bonchev–Trinajstić information content (AvgIpc) is 2.52. The summed E-state index contributed by atoms with van der Waals surface area (Å²) in [7, 11) is 1.34. The van der Waals surface area contributed by atoms with Crippen LogP contribution in [0.5, 0.6) is 5.88 Å². The molecule has 0 aromatic carbocycles. The molecule has 1 unspecified atom stereocenters. The number of carbonyl (C=O) groups is 2. The van der Waals surface area contributed by atoms with E-state index >= 15 is 0 Å². The van der Waals surface area contributed by atoms with Gasteiger partial charge >= 0.3 is 18.3 Å². The van der Waals surface area contributed by atoms with Crippen LogP contribution >= 0.6 is 0 Å². The molecule has 1 atom stereocenters. The molecule has 0 aliphatic heterocycles. The number of hydrogen-bond acceptors (Lipinski definition) is 5. The van der Waals surface area contributed by atoms with Gasteiger partial charge < -0.3 is 19.9 Å². The topological polar surface area (TPSA) is 97.8 Å². The molecule has 26 heavy (non-hydrogen) atoms. The summed E-state index contributed by atoms with van der Waals surface area (Å²) < 4.78 is 59.0. The third kappa shape index (κ3) is 6.47. The predicted octanol–water partition coefficient (Wildman–Crippen LogP) is 1.97. The van der Waals surface area contributed by atoms with Crippen molar-refractivity contribution in [3.63, 3.8) is 0 Å². The van der Waals surface area contributed by atoms with Gasteiger partial charge in [0.2, 0.25) is 5.88 Å². The van der Waals surface area contributed by atoms with Crippen molar-refractivity contribution in [3.05, 3.63) is 23.9 Å². The van der Waals surface area contributed by atoms with E-state index in [0.717, 1.165) is 12.3 Å². The Balaban J connectivity index is 2.75. The maximum absolute atomic E-state index is 12.8. The van der Waals surface area contributed by atoms with Gasteiger partial charge in [0.25, 0.3) is 5.91 Å². The van der Waals surface area contributed by atoms with Crippen molar-refractivity contribution in [2.45, 2.75) is 31.2 Å². The molecule has 0 aliphatic rings. The van der Waals surface area contributed by atoms with Crippen LogP contribution in [0.15, 0.2) is 18.3 Å². The van der Waals surface area contributed by atoms with Crippen LogP contribution in [-0.4, -0.2) is 60.2 Å². The second-order valence-electron chi connectivity index (χ2n) is 5.75. The highest BCUT2D eigenvalue weighted by molar-refractivity contribution is 5.94. The number of halogens is 4. The van der Waals surface area contributed by atoms with Gasteiger partial charge in [-0.1, -0.05) is 0 Å². The van der Waals surface area contributed by atoms with E-state index in [1.807, 2.05) is 0 Å². The van der Waals surface area contributed by atoms with Crippen LogP contribution in [0.3, 0.4) is 0 Å². The molecule has 7 nitrogen and oxygen atoms in total. The number of aromatic nitrogens is 1. The molecule has 1 aromatic heterocycles. The molecule has 0 spiro atoms. The van der Waals surface area contributed by atoms with Crippen LogP contribution in [0.1, 0.15) is 23.7 Å². The first kappa shape index (κ1) is 21.6. The number of pyridine rings is 1. The highest BCUT2D eigenvalue weighted by atomic mass is 19.3. The molecule has 0 saturated carbocycles. The SMILES string of the molecule is COCC(C)(CC(=O)O)NC(=O)c1ccc(OCC(F)(F)C(F)F)nc1. The van der Waals surface area contributed by atoms with Crippen molar-refractivity contribution in [1.82, 2.24) is 10.3 Å². The lowest BCUT2D eigenvalue weighted by Crippen LogP contribution is -2.50. The molecule has 0 radical (unpaired) electrons. The maximum Gasteiger partial charge on any atom is 0.340 e. The number of carbonyl (C=O) groups excluding carboxylic acids is 1. The molecule has 0 saturated heterocycles. The fourth-order valence-electron chi connectivity index (χ4n) is 1.96. The van der Waals surface area contributed by atoms with Crippen LogP contribution in [0.2, 0.25) is 0 Å². The first-order chi connectivity index (χ1) is 12.0. The zero-order valence-electron chi connectivity index (χ0n) is 14.0. The van der Waals surface area contributed by atoms with E-state index in [9.17, 15) is 27.2 Å². The minimum absolute atomic E-state index is 0.00862. The van der Waals surface area contributed by atoms with Crippen LogP contribution in [0, 0.1) is 0 Å². The highest BCUT2D eigenvalue weighted by Crippen LogP contribution is 2.23. The van der Waals surface area contributed by atoms with Crippen molar-refractivity contribution < 1.29 is 41.7 Å². The number of hydrogen-bond donors (Lipinski definition) is 2. The molecule has 1 rings (SSSR count). The van der Waals surface area contributed by atoms with Crippen LogP contribution in [0.25, 0.3) is 0 Å². The van der Waals surface area contributed by atoms with Gasteiger partial charge in [0.15, 0.2) is 6.61 Å². The number of aliphatic carboxylic acids is 1. The number of ether oxygens (including phenoxy) is 2. The lowest BCUT2D eigenvalue weighted by atomic mass is 9.98. The van der Waals surface area contributed by atoms with Gasteiger partial charge in [-0.05, 0) is 13.0 Å². The number of alkyl halides is 4. The molecule has 146 valence electrons. The molecule has 11 heteroatoms. The minimum Gasteiger partial charge on any atom is -0.481 e. The number of methoxy groups -OCH3 is 1. The van der Waals surface area contributed by atoms with E-state index in [1.54, 1.807) is 0 Å². The molecule has 1 heterocycles. The van der Waals surface area contributed by atoms with E-state index in [0.29, 0.717) is 0 Å².